The second-order valence-electron chi connectivity index (χ2n) is 5.82. The van der Waals surface area contributed by atoms with Crippen molar-refractivity contribution in [3.8, 4) is 11.5 Å². The van der Waals surface area contributed by atoms with Crippen LogP contribution in [0.4, 0.5) is 0 Å². The fourth-order valence-corrected chi connectivity index (χ4v) is 2.38. The van der Waals surface area contributed by atoms with Crippen LogP contribution in [0, 0.1) is 5.92 Å². The SMILES string of the molecule is COc1ccc(CCC(=O)NC(CN)CC(C)C)cc1OC.Cl. The Morgan fingerprint density at radius 3 is 2.39 bits per heavy atom. The van der Waals surface area contributed by atoms with Crippen LogP contribution < -0.4 is 20.5 Å². The van der Waals surface area contributed by atoms with E-state index in [1.165, 1.54) is 0 Å². The first-order chi connectivity index (χ1) is 10.5. The lowest BCUT2D eigenvalue weighted by Gasteiger charge is -2.18. The number of amides is 1. The van der Waals surface area contributed by atoms with Gasteiger partial charge in [0.25, 0.3) is 0 Å². The molecule has 0 aliphatic rings. The molecule has 1 rings (SSSR count). The molecule has 5 nitrogen and oxygen atoms in total. The summed E-state index contributed by atoms with van der Waals surface area (Å²) in [5.74, 6) is 1.92. The van der Waals surface area contributed by atoms with Gasteiger partial charge < -0.3 is 20.5 Å². The molecular weight excluding hydrogens is 316 g/mol. The van der Waals surface area contributed by atoms with Crippen molar-refractivity contribution in [1.82, 2.24) is 5.32 Å². The zero-order valence-corrected chi connectivity index (χ0v) is 15.2. The van der Waals surface area contributed by atoms with Crippen LogP contribution in [0.2, 0.25) is 0 Å². The summed E-state index contributed by atoms with van der Waals surface area (Å²) in [4.78, 5) is 12.0. The molecule has 6 heteroatoms. The van der Waals surface area contributed by atoms with Crippen LogP contribution in [0.5, 0.6) is 11.5 Å². The third-order valence-electron chi connectivity index (χ3n) is 3.49. The van der Waals surface area contributed by atoms with E-state index in [0.29, 0.717) is 36.8 Å². The highest BCUT2D eigenvalue weighted by atomic mass is 35.5. The topological polar surface area (TPSA) is 73.6 Å². The van der Waals surface area contributed by atoms with Crippen LogP contribution >= 0.6 is 12.4 Å². The van der Waals surface area contributed by atoms with Crippen LogP contribution in [-0.2, 0) is 11.2 Å². The maximum atomic E-state index is 12.0. The number of rotatable bonds is 9. The summed E-state index contributed by atoms with van der Waals surface area (Å²) in [6, 6.07) is 5.76. The largest absolute Gasteiger partial charge is 0.493 e. The summed E-state index contributed by atoms with van der Waals surface area (Å²) in [6.07, 6.45) is 1.99. The van der Waals surface area contributed by atoms with Gasteiger partial charge in [0, 0.05) is 19.0 Å². The Kier molecular flexibility index (Phi) is 10.4. The fraction of sp³-hybridized carbons (Fsp3) is 0.588. The molecule has 1 amide bonds. The lowest BCUT2D eigenvalue weighted by molar-refractivity contribution is -0.121. The summed E-state index contributed by atoms with van der Waals surface area (Å²) >= 11 is 0. The van der Waals surface area contributed by atoms with Crippen LogP contribution in [-0.4, -0.2) is 32.7 Å². The number of carbonyl (C=O) groups excluding carboxylic acids is 1. The van der Waals surface area contributed by atoms with E-state index in [4.69, 9.17) is 15.2 Å². The molecule has 1 aromatic rings. The summed E-state index contributed by atoms with van der Waals surface area (Å²) in [6.45, 7) is 4.72. The molecule has 0 aliphatic heterocycles. The highest BCUT2D eigenvalue weighted by molar-refractivity contribution is 5.85. The van der Waals surface area contributed by atoms with Crippen molar-refractivity contribution in [3.05, 3.63) is 23.8 Å². The molecule has 1 aromatic carbocycles. The molecule has 0 radical (unpaired) electrons. The standard InChI is InChI=1S/C17H28N2O3.ClH/c1-12(2)9-14(11-18)19-17(20)8-6-13-5-7-15(21-3)16(10-13)22-4;/h5,7,10,12,14H,6,8-9,11,18H2,1-4H3,(H,19,20);1H. The number of nitrogens with two attached hydrogens (primary N) is 1. The quantitative estimate of drug-likeness (QED) is 0.722. The number of hydrogen-bond donors (Lipinski definition) is 2. The Bertz CT molecular complexity index is 481. The van der Waals surface area contributed by atoms with Gasteiger partial charge in [0.05, 0.1) is 14.2 Å². The van der Waals surface area contributed by atoms with Gasteiger partial charge in [0.15, 0.2) is 11.5 Å². The van der Waals surface area contributed by atoms with E-state index in [9.17, 15) is 4.79 Å². The predicted octanol–water partition coefficient (Wildman–Crippen LogP) is 2.55. The third kappa shape index (κ3) is 7.57. The van der Waals surface area contributed by atoms with Gasteiger partial charge >= 0.3 is 0 Å². The van der Waals surface area contributed by atoms with Gasteiger partial charge in [-0.05, 0) is 36.5 Å². The third-order valence-corrected chi connectivity index (χ3v) is 3.49. The molecule has 0 fully saturated rings. The number of ether oxygens (including phenoxy) is 2. The minimum atomic E-state index is 0. The van der Waals surface area contributed by atoms with Crippen molar-refractivity contribution in [1.29, 1.82) is 0 Å². The molecule has 23 heavy (non-hydrogen) atoms. The number of halogens is 1. The maximum absolute atomic E-state index is 12.0. The first-order valence-corrected chi connectivity index (χ1v) is 7.70. The smallest absolute Gasteiger partial charge is 0.220 e. The van der Waals surface area contributed by atoms with Crippen LogP contribution in [0.25, 0.3) is 0 Å². The summed E-state index contributed by atoms with van der Waals surface area (Å²) in [5.41, 5.74) is 6.74. The minimum absolute atomic E-state index is 0. The van der Waals surface area contributed by atoms with E-state index in [0.717, 1.165) is 12.0 Å². The highest BCUT2D eigenvalue weighted by Gasteiger charge is 2.13. The van der Waals surface area contributed by atoms with Crippen molar-refractivity contribution >= 4 is 18.3 Å². The Hall–Kier alpha value is -1.46. The Morgan fingerprint density at radius 1 is 1.22 bits per heavy atom. The average Bonchev–Trinajstić information content (AvgIpc) is 2.51. The molecule has 0 aliphatic carbocycles. The van der Waals surface area contributed by atoms with Crippen molar-refractivity contribution in [2.24, 2.45) is 11.7 Å². The average molecular weight is 345 g/mol. The molecule has 0 spiro atoms. The van der Waals surface area contributed by atoms with E-state index in [-0.39, 0.29) is 24.4 Å². The molecule has 1 atom stereocenters. The number of aryl methyl sites for hydroxylation is 1. The molecule has 132 valence electrons. The highest BCUT2D eigenvalue weighted by Crippen LogP contribution is 2.27. The molecule has 0 saturated heterocycles. The van der Waals surface area contributed by atoms with E-state index < -0.39 is 0 Å². The minimum Gasteiger partial charge on any atom is -0.493 e. The van der Waals surface area contributed by atoms with Gasteiger partial charge in [0.1, 0.15) is 0 Å². The maximum Gasteiger partial charge on any atom is 0.220 e. The summed E-state index contributed by atoms with van der Waals surface area (Å²) in [7, 11) is 3.21. The van der Waals surface area contributed by atoms with Gasteiger partial charge in [-0.1, -0.05) is 19.9 Å². The normalized spacial score (nSPS) is 11.6. The molecule has 0 saturated carbocycles. The number of methoxy groups -OCH3 is 2. The van der Waals surface area contributed by atoms with Crippen molar-refractivity contribution in [2.45, 2.75) is 39.2 Å². The van der Waals surface area contributed by atoms with E-state index in [1.54, 1.807) is 14.2 Å². The molecule has 0 bridgehead atoms. The van der Waals surface area contributed by atoms with Gasteiger partial charge in [-0.25, -0.2) is 0 Å². The van der Waals surface area contributed by atoms with E-state index >= 15 is 0 Å². The first-order valence-electron chi connectivity index (χ1n) is 7.70. The molecule has 1 unspecified atom stereocenters. The predicted molar refractivity (Wildman–Crippen MR) is 95.6 cm³/mol. The van der Waals surface area contributed by atoms with Gasteiger partial charge in [-0.15, -0.1) is 12.4 Å². The number of carbonyl (C=O) groups is 1. The van der Waals surface area contributed by atoms with Crippen LogP contribution in [0.1, 0.15) is 32.3 Å². The monoisotopic (exact) mass is 344 g/mol. The second kappa shape index (κ2) is 11.1. The van der Waals surface area contributed by atoms with Crippen molar-refractivity contribution < 1.29 is 14.3 Å². The van der Waals surface area contributed by atoms with Gasteiger partial charge in [-0.3, -0.25) is 4.79 Å². The fourth-order valence-electron chi connectivity index (χ4n) is 2.38. The zero-order chi connectivity index (χ0) is 16.5. The Balaban J connectivity index is 0.00000484. The van der Waals surface area contributed by atoms with Crippen LogP contribution in [0.3, 0.4) is 0 Å². The molecule has 0 heterocycles. The molecular formula is C17H29ClN2O3. The van der Waals surface area contributed by atoms with E-state index in [2.05, 4.69) is 19.2 Å². The van der Waals surface area contributed by atoms with Crippen molar-refractivity contribution in [3.63, 3.8) is 0 Å². The number of hydrogen-bond acceptors (Lipinski definition) is 4. The lowest BCUT2D eigenvalue weighted by atomic mass is 10.0. The van der Waals surface area contributed by atoms with Gasteiger partial charge in [-0.2, -0.15) is 0 Å². The molecule has 3 N–H and O–H groups in total. The number of benzene rings is 1. The Morgan fingerprint density at radius 2 is 1.87 bits per heavy atom. The zero-order valence-electron chi connectivity index (χ0n) is 14.4. The Labute approximate surface area is 145 Å². The lowest BCUT2D eigenvalue weighted by Crippen LogP contribution is -2.41. The summed E-state index contributed by atoms with van der Waals surface area (Å²) < 4.78 is 10.5. The first kappa shape index (κ1) is 21.5. The second-order valence-corrected chi connectivity index (χ2v) is 5.82. The van der Waals surface area contributed by atoms with Crippen LogP contribution in [0.15, 0.2) is 18.2 Å². The summed E-state index contributed by atoms with van der Waals surface area (Å²) in [5, 5.41) is 3.00. The molecule has 0 aromatic heterocycles. The van der Waals surface area contributed by atoms with E-state index in [1.807, 2.05) is 18.2 Å². The van der Waals surface area contributed by atoms with Crippen molar-refractivity contribution in [2.75, 3.05) is 20.8 Å². The number of nitrogens with one attached hydrogen (secondary N) is 1. The van der Waals surface area contributed by atoms with Gasteiger partial charge in [0.2, 0.25) is 5.91 Å².